The number of benzene rings is 1. The van der Waals surface area contributed by atoms with Crippen LogP contribution >= 0.6 is 11.6 Å². The van der Waals surface area contributed by atoms with Gasteiger partial charge in [0.25, 0.3) is 0 Å². The van der Waals surface area contributed by atoms with Gasteiger partial charge in [-0.15, -0.1) is 0 Å². The second-order valence-electron chi connectivity index (χ2n) is 6.62. The van der Waals surface area contributed by atoms with Crippen LogP contribution in [-0.2, 0) is 12.1 Å². The third-order valence-electron chi connectivity index (χ3n) is 3.64. The number of pyridine rings is 1. The molecular weight excluding hydrogens is 298 g/mol. The number of hydrogen-bond donors (Lipinski definition) is 1. The van der Waals surface area contributed by atoms with Crippen LogP contribution in [0.3, 0.4) is 0 Å². The summed E-state index contributed by atoms with van der Waals surface area (Å²) in [5, 5.41) is 11.9. The molecule has 1 N–H and O–H groups in total. The number of hydrogen-bond acceptors (Lipinski definition) is 3. The molecule has 0 unspecified atom stereocenters. The Balaban J connectivity index is 2.48. The van der Waals surface area contributed by atoms with E-state index in [1.54, 1.807) is 13.8 Å². The Morgan fingerprint density at radius 3 is 2.55 bits per heavy atom. The van der Waals surface area contributed by atoms with Gasteiger partial charge in [0.05, 0.1) is 11.0 Å². The first-order chi connectivity index (χ1) is 10.3. The molecule has 0 fully saturated rings. The molecule has 0 radical (unpaired) electrons. The van der Waals surface area contributed by atoms with Gasteiger partial charge in [-0.05, 0) is 25.8 Å². The fourth-order valence-electron chi connectivity index (χ4n) is 2.81. The quantitative estimate of drug-likeness (QED) is 0.739. The first kappa shape index (κ1) is 15.3. The van der Waals surface area contributed by atoms with E-state index < -0.39 is 5.60 Å². The molecule has 0 aliphatic carbocycles. The van der Waals surface area contributed by atoms with Gasteiger partial charge in [-0.1, -0.05) is 43.6 Å². The maximum absolute atomic E-state index is 10.5. The number of aromatic nitrogens is 3. The van der Waals surface area contributed by atoms with E-state index in [9.17, 15) is 5.11 Å². The third-order valence-corrected chi connectivity index (χ3v) is 3.90. The lowest BCUT2D eigenvalue weighted by molar-refractivity contribution is 0.0646. The molecule has 0 aliphatic rings. The largest absolute Gasteiger partial charge is 0.383 e. The number of aliphatic hydroxyl groups is 1. The zero-order valence-corrected chi connectivity index (χ0v) is 14.0. The van der Waals surface area contributed by atoms with Crippen LogP contribution in [0, 0.1) is 5.92 Å². The Hall–Kier alpha value is -1.65. The number of nitrogens with zero attached hydrogens (tertiary/aromatic N) is 3. The lowest BCUT2D eigenvalue weighted by atomic mass is 10.1. The SMILES string of the molecule is CC(C)Cn1c(C(C)(C)O)nc2c(Cl)nc3ccccc3c21. The molecule has 2 aromatic heterocycles. The molecule has 0 aliphatic heterocycles. The molecule has 1 aromatic carbocycles. The van der Waals surface area contributed by atoms with Crippen LogP contribution in [0.2, 0.25) is 5.15 Å². The zero-order chi connectivity index (χ0) is 16.1. The Morgan fingerprint density at radius 1 is 1.23 bits per heavy atom. The lowest BCUT2D eigenvalue weighted by Crippen LogP contribution is -2.23. The molecule has 22 heavy (non-hydrogen) atoms. The summed E-state index contributed by atoms with van der Waals surface area (Å²) in [6.07, 6.45) is 0. The summed E-state index contributed by atoms with van der Waals surface area (Å²) in [6.45, 7) is 8.54. The summed E-state index contributed by atoms with van der Waals surface area (Å²) in [6, 6.07) is 7.89. The van der Waals surface area contributed by atoms with Crippen LogP contribution in [0.4, 0.5) is 0 Å². The van der Waals surface area contributed by atoms with Crippen molar-refractivity contribution in [3.63, 3.8) is 0 Å². The van der Waals surface area contributed by atoms with Gasteiger partial charge in [-0.2, -0.15) is 0 Å². The normalized spacial score (nSPS) is 12.7. The van der Waals surface area contributed by atoms with E-state index >= 15 is 0 Å². The van der Waals surface area contributed by atoms with Gasteiger partial charge in [0.2, 0.25) is 0 Å². The highest BCUT2D eigenvalue weighted by Gasteiger charge is 2.27. The summed E-state index contributed by atoms with van der Waals surface area (Å²) in [5.74, 6) is 1.04. The van der Waals surface area contributed by atoms with Crippen molar-refractivity contribution in [2.45, 2.75) is 39.8 Å². The molecule has 0 bridgehead atoms. The van der Waals surface area contributed by atoms with Crippen LogP contribution in [0.5, 0.6) is 0 Å². The smallest absolute Gasteiger partial charge is 0.157 e. The molecule has 0 atom stereocenters. The summed E-state index contributed by atoms with van der Waals surface area (Å²) in [4.78, 5) is 9.03. The number of para-hydroxylation sites is 1. The van der Waals surface area contributed by atoms with E-state index in [0.29, 0.717) is 22.4 Å². The van der Waals surface area contributed by atoms with Crippen molar-refractivity contribution in [2.75, 3.05) is 0 Å². The Bertz CT molecular complexity index is 846. The summed E-state index contributed by atoms with van der Waals surface area (Å²) in [5.41, 5.74) is 1.39. The van der Waals surface area contributed by atoms with Gasteiger partial charge in [-0.3, -0.25) is 0 Å². The fraction of sp³-hybridized carbons (Fsp3) is 0.412. The second-order valence-corrected chi connectivity index (χ2v) is 6.97. The summed E-state index contributed by atoms with van der Waals surface area (Å²) < 4.78 is 2.08. The number of imidazole rings is 1. The lowest BCUT2D eigenvalue weighted by Gasteiger charge is -2.20. The molecule has 3 aromatic rings. The van der Waals surface area contributed by atoms with Crippen molar-refractivity contribution in [1.82, 2.24) is 14.5 Å². The van der Waals surface area contributed by atoms with Crippen molar-refractivity contribution in [3.8, 4) is 0 Å². The predicted octanol–water partition coefficient (Wildman–Crippen LogP) is 4.12. The van der Waals surface area contributed by atoms with E-state index in [1.165, 1.54) is 0 Å². The first-order valence-corrected chi connectivity index (χ1v) is 7.84. The van der Waals surface area contributed by atoms with E-state index in [2.05, 4.69) is 28.4 Å². The fourth-order valence-corrected chi connectivity index (χ4v) is 3.03. The van der Waals surface area contributed by atoms with Crippen molar-refractivity contribution in [3.05, 3.63) is 35.2 Å². The number of fused-ring (bicyclic) bond motifs is 3. The second kappa shape index (κ2) is 5.21. The molecule has 116 valence electrons. The minimum absolute atomic E-state index is 0.377. The van der Waals surface area contributed by atoms with E-state index in [1.807, 2.05) is 24.3 Å². The average Bonchev–Trinajstić information content (AvgIpc) is 2.78. The van der Waals surface area contributed by atoms with Crippen molar-refractivity contribution in [2.24, 2.45) is 5.92 Å². The highest BCUT2D eigenvalue weighted by molar-refractivity contribution is 6.35. The number of halogens is 1. The van der Waals surface area contributed by atoms with Crippen LogP contribution in [-0.4, -0.2) is 19.6 Å². The Morgan fingerprint density at radius 2 is 1.91 bits per heavy atom. The summed E-state index contributed by atoms with van der Waals surface area (Å²) >= 11 is 6.34. The average molecular weight is 318 g/mol. The van der Waals surface area contributed by atoms with Gasteiger partial charge in [0, 0.05) is 11.9 Å². The highest BCUT2D eigenvalue weighted by Crippen LogP contribution is 2.33. The van der Waals surface area contributed by atoms with E-state index in [0.717, 1.165) is 23.0 Å². The van der Waals surface area contributed by atoms with E-state index in [4.69, 9.17) is 11.6 Å². The van der Waals surface area contributed by atoms with Crippen LogP contribution in [0.1, 0.15) is 33.5 Å². The van der Waals surface area contributed by atoms with Crippen molar-refractivity contribution >= 4 is 33.5 Å². The molecule has 0 saturated heterocycles. The predicted molar refractivity (Wildman–Crippen MR) is 90.1 cm³/mol. The minimum atomic E-state index is -1.04. The minimum Gasteiger partial charge on any atom is -0.383 e. The van der Waals surface area contributed by atoms with Gasteiger partial charge in [0.15, 0.2) is 5.15 Å². The molecule has 0 amide bonds. The highest BCUT2D eigenvalue weighted by atomic mass is 35.5. The standard InChI is InChI=1S/C17H20ClN3O/c1-10(2)9-21-14-11-7-5-6-8-12(11)19-15(18)13(14)20-16(21)17(3,4)22/h5-8,10,22H,9H2,1-4H3. The van der Waals surface area contributed by atoms with Crippen LogP contribution in [0.25, 0.3) is 21.9 Å². The maximum atomic E-state index is 10.5. The van der Waals surface area contributed by atoms with Crippen molar-refractivity contribution < 1.29 is 5.11 Å². The van der Waals surface area contributed by atoms with Gasteiger partial charge in [0.1, 0.15) is 16.9 Å². The van der Waals surface area contributed by atoms with E-state index in [-0.39, 0.29) is 0 Å². The van der Waals surface area contributed by atoms with Gasteiger partial charge >= 0.3 is 0 Å². The topological polar surface area (TPSA) is 50.9 Å². The van der Waals surface area contributed by atoms with Crippen molar-refractivity contribution in [1.29, 1.82) is 0 Å². The third kappa shape index (κ3) is 2.46. The molecule has 3 rings (SSSR count). The molecule has 0 spiro atoms. The molecule has 5 heteroatoms. The first-order valence-electron chi connectivity index (χ1n) is 7.46. The van der Waals surface area contributed by atoms with Crippen LogP contribution < -0.4 is 0 Å². The van der Waals surface area contributed by atoms with Crippen LogP contribution in [0.15, 0.2) is 24.3 Å². The summed E-state index contributed by atoms with van der Waals surface area (Å²) in [7, 11) is 0. The maximum Gasteiger partial charge on any atom is 0.157 e. The Kier molecular flexibility index (Phi) is 3.62. The molecule has 2 heterocycles. The van der Waals surface area contributed by atoms with Gasteiger partial charge < -0.3 is 9.67 Å². The number of rotatable bonds is 3. The molecule has 0 saturated carbocycles. The molecule has 4 nitrogen and oxygen atoms in total. The Labute approximate surface area is 134 Å². The van der Waals surface area contributed by atoms with Gasteiger partial charge in [-0.25, -0.2) is 9.97 Å². The zero-order valence-electron chi connectivity index (χ0n) is 13.3. The monoisotopic (exact) mass is 317 g/mol. The molecular formula is C17H20ClN3O.